The highest BCUT2D eigenvalue weighted by molar-refractivity contribution is 7.90. The van der Waals surface area contributed by atoms with Crippen molar-refractivity contribution < 1.29 is 17.6 Å². The third kappa shape index (κ3) is 3.87. The third-order valence-electron chi connectivity index (χ3n) is 4.13. The Bertz CT molecular complexity index is 908. The molecule has 0 spiro atoms. The predicted octanol–water partition coefficient (Wildman–Crippen LogP) is 1.02. The van der Waals surface area contributed by atoms with Crippen molar-refractivity contribution in [3.8, 4) is 0 Å². The molecule has 1 saturated carbocycles. The maximum Gasteiger partial charge on any atom is 0.419 e. The van der Waals surface area contributed by atoms with E-state index in [-0.39, 0.29) is 37.2 Å². The van der Waals surface area contributed by atoms with Gasteiger partial charge in [-0.3, -0.25) is 9.36 Å². The number of sulfone groups is 1. The first-order valence-electron chi connectivity index (χ1n) is 7.91. The van der Waals surface area contributed by atoms with Gasteiger partial charge in [0.1, 0.15) is 9.84 Å². The van der Waals surface area contributed by atoms with Crippen molar-refractivity contribution in [3.63, 3.8) is 0 Å². The second kappa shape index (κ2) is 6.43. The van der Waals surface area contributed by atoms with Gasteiger partial charge in [-0.05, 0) is 25.0 Å². The molecule has 7 nitrogen and oxygen atoms in total. The van der Waals surface area contributed by atoms with Crippen molar-refractivity contribution in [2.24, 2.45) is 0 Å². The van der Waals surface area contributed by atoms with Crippen molar-refractivity contribution >= 4 is 26.8 Å². The maximum atomic E-state index is 12.5. The van der Waals surface area contributed by atoms with Crippen LogP contribution in [-0.2, 0) is 21.2 Å². The number of rotatable bonds is 7. The Hall–Kier alpha value is -2.09. The van der Waals surface area contributed by atoms with Gasteiger partial charge in [-0.1, -0.05) is 12.1 Å². The van der Waals surface area contributed by atoms with Gasteiger partial charge in [0, 0.05) is 31.8 Å². The minimum absolute atomic E-state index is 0.0379. The van der Waals surface area contributed by atoms with Crippen LogP contribution in [0.4, 0.5) is 0 Å². The van der Waals surface area contributed by atoms with Gasteiger partial charge in [-0.25, -0.2) is 13.2 Å². The number of nitrogens with zero attached hydrogens (tertiary/aromatic N) is 2. The molecule has 8 heteroatoms. The summed E-state index contributed by atoms with van der Waals surface area (Å²) < 4.78 is 29.3. The van der Waals surface area contributed by atoms with Crippen LogP contribution in [0.1, 0.15) is 19.3 Å². The zero-order chi connectivity index (χ0) is 17.3. The molecule has 1 aliphatic rings. The van der Waals surface area contributed by atoms with Gasteiger partial charge >= 0.3 is 5.76 Å². The number of fused-ring (bicyclic) bond motifs is 1. The number of carbonyl (C=O) groups excluding carboxylic acids is 1. The Morgan fingerprint density at radius 3 is 2.71 bits per heavy atom. The molecule has 3 rings (SSSR count). The summed E-state index contributed by atoms with van der Waals surface area (Å²) in [7, 11) is -3.12. The molecular formula is C16H20N2O5S. The van der Waals surface area contributed by atoms with E-state index in [1.54, 1.807) is 29.2 Å². The highest BCUT2D eigenvalue weighted by Crippen LogP contribution is 2.27. The molecule has 0 saturated heterocycles. The van der Waals surface area contributed by atoms with Crippen molar-refractivity contribution in [3.05, 3.63) is 34.8 Å². The maximum absolute atomic E-state index is 12.5. The van der Waals surface area contributed by atoms with Gasteiger partial charge in [0.25, 0.3) is 0 Å². The zero-order valence-corrected chi connectivity index (χ0v) is 14.3. The van der Waals surface area contributed by atoms with Crippen LogP contribution >= 0.6 is 0 Å². The molecule has 1 heterocycles. The monoisotopic (exact) mass is 352 g/mol. The van der Waals surface area contributed by atoms with E-state index < -0.39 is 15.6 Å². The van der Waals surface area contributed by atoms with Crippen molar-refractivity contribution in [2.75, 3.05) is 18.6 Å². The lowest BCUT2D eigenvalue weighted by Gasteiger charge is -2.22. The number of oxazole rings is 1. The molecule has 0 N–H and O–H groups in total. The van der Waals surface area contributed by atoms with Gasteiger partial charge in [0.15, 0.2) is 5.58 Å². The quantitative estimate of drug-likeness (QED) is 0.742. The van der Waals surface area contributed by atoms with Crippen molar-refractivity contribution in [1.29, 1.82) is 0 Å². The average molecular weight is 352 g/mol. The first-order valence-corrected chi connectivity index (χ1v) is 9.97. The third-order valence-corrected chi connectivity index (χ3v) is 5.06. The number of hydrogen-bond donors (Lipinski definition) is 0. The Morgan fingerprint density at radius 1 is 1.33 bits per heavy atom. The Balaban J connectivity index is 1.69. The molecule has 130 valence electrons. The van der Waals surface area contributed by atoms with Gasteiger partial charge in [-0.15, -0.1) is 0 Å². The first-order chi connectivity index (χ1) is 11.3. The molecule has 1 aromatic carbocycles. The van der Waals surface area contributed by atoms with E-state index in [1.165, 1.54) is 10.8 Å². The lowest BCUT2D eigenvalue weighted by atomic mass is 10.3. The number of carbonyl (C=O) groups is 1. The zero-order valence-electron chi connectivity index (χ0n) is 13.5. The predicted molar refractivity (Wildman–Crippen MR) is 89.5 cm³/mol. The van der Waals surface area contributed by atoms with E-state index in [2.05, 4.69) is 0 Å². The van der Waals surface area contributed by atoms with E-state index in [4.69, 9.17) is 4.42 Å². The number of para-hydroxylation sites is 2. The lowest BCUT2D eigenvalue weighted by molar-refractivity contribution is -0.131. The molecule has 0 bridgehead atoms. The number of hydrogen-bond acceptors (Lipinski definition) is 5. The van der Waals surface area contributed by atoms with Crippen LogP contribution in [0, 0.1) is 0 Å². The van der Waals surface area contributed by atoms with E-state index in [1.807, 2.05) is 0 Å². The van der Waals surface area contributed by atoms with E-state index >= 15 is 0 Å². The van der Waals surface area contributed by atoms with Gasteiger partial charge in [-0.2, -0.15) is 0 Å². The number of aromatic nitrogens is 1. The smallest absolute Gasteiger partial charge is 0.408 e. The molecule has 1 amide bonds. The van der Waals surface area contributed by atoms with Crippen LogP contribution in [0.5, 0.6) is 0 Å². The highest BCUT2D eigenvalue weighted by Gasteiger charge is 2.32. The molecule has 24 heavy (non-hydrogen) atoms. The largest absolute Gasteiger partial charge is 0.419 e. The summed E-state index contributed by atoms with van der Waals surface area (Å²) in [5.74, 6) is -0.652. The summed E-state index contributed by atoms with van der Waals surface area (Å²) >= 11 is 0. The SMILES string of the molecule is CS(=O)(=O)CCN(C(=O)CCn1c(=O)oc2ccccc21)C1CC1. The second-order valence-corrected chi connectivity index (χ2v) is 8.45. The van der Waals surface area contributed by atoms with Crippen LogP contribution in [0.3, 0.4) is 0 Å². The van der Waals surface area contributed by atoms with E-state index in [0.29, 0.717) is 11.1 Å². The van der Waals surface area contributed by atoms with Gasteiger partial charge in [0.2, 0.25) is 5.91 Å². The number of aryl methyl sites for hydroxylation is 1. The second-order valence-electron chi connectivity index (χ2n) is 6.19. The molecular weight excluding hydrogens is 332 g/mol. The molecule has 1 fully saturated rings. The Morgan fingerprint density at radius 2 is 2.04 bits per heavy atom. The molecule has 0 aliphatic heterocycles. The fraction of sp³-hybridized carbons (Fsp3) is 0.500. The molecule has 1 aromatic heterocycles. The molecule has 0 unspecified atom stereocenters. The number of benzene rings is 1. The van der Waals surface area contributed by atoms with Crippen LogP contribution in [0.2, 0.25) is 0 Å². The fourth-order valence-corrected chi connectivity index (χ4v) is 3.27. The summed E-state index contributed by atoms with van der Waals surface area (Å²) in [6, 6.07) is 7.20. The minimum Gasteiger partial charge on any atom is -0.408 e. The van der Waals surface area contributed by atoms with Crippen LogP contribution in [-0.4, -0.2) is 48.4 Å². The highest BCUT2D eigenvalue weighted by atomic mass is 32.2. The van der Waals surface area contributed by atoms with Gasteiger partial charge < -0.3 is 9.32 Å². The summed E-state index contributed by atoms with van der Waals surface area (Å²) in [5.41, 5.74) is 1.15. The minimum atomic E-state index is -3.12. The first kappa shape index (κ1) is 16.8. The Labute approximate surface area is 139 Å². The standard InChI is InChI=1S/C16H20N2O5S/c1-24(21,22)11-10-17(12-6-7-12)15(19)8-9-18-13-4-2-3-5-14(13)23-16(18)20/h2-5,12H,6-11H2,1H3. The molecule has 2 aromatic rings. The fourth-order valence-electron chi connectivity index (χ4n) is 2.74. The van der Waals surface area contributed by atoms with E-state index in [9.17, 15) is 18.0 Å². The topological polar surface area (TPSA) is 89.6 Å². The molecule has 0 atom stereocenters. The summed E-state index contributed by atoms with van der Waals surface area (Å²) in [5, 5.41) is 0. The lowest BCUT2D eigenvalue weighted by Crippen LogP contribution is -2.37. The molecule has 0 radical (unpaired) electrons. The molecule has 1 aliphatic carbocycles. The van der Waals surface area contributed by atoms with Crippen molar-refractivity contribution in [2.45, 2.75) is 31.8 Å². The van der Waals surface area contributed by atoms with Gasteiger partial charge in [0.05, 0.1) is 11.3 Å². The summed E-state index contributed by atoms with van der Waals surface area (Å²) in [6.07, 6.45) is 3.12. The van der Waals surface area contributed by atoms with Crippen LogP contribution in [0.15, 0.2) is 33.5 Å². The Kier molecular flexibility index (Phi) is 4.49. The normalized spacial score (nSPS) is 14.9. The average Bonchev–Trinajstić information content (AvgIpc) is 3.27. The van der Waals surface area contributed by atoms with Crippen molar-refractivity contribution in [1.82, 2.24) is 9.47 Å². The van der Waals surface area contributed by atoms with Crippen LogP contribution < -0.4 is 5.76 Å². The van der Waals surface area contributed by atoms with E-state index in [0.717, 1.165) is 12.8 Å². The number of amides is 1. The summed E-state index contributed by atoms with van der Waals surface area (Å²) in [4.78, 5) is 26.0. The summed E-state index contributed by atoms with van der Waals surface area (Å²) in [6.45, 7) is 0.431. The van der Waals surface area contributed by atoms with Crippen LogP contribution in [0.25, 0.3) is 11.1 Å².